The van der Waals surface area contributed by atoms with E-state index in [1.165, 1.54) is 10.4 Å². The van der Waals surface area contributed by atoms with Crippen LogP contribution in [0.2, 0.25) is 0 Å². The van der Waals surface area contributed by atoms with E-state index in [-0.39, 0.29) is 11.7 Å². The number of halogens is 1. The number of nitrogens with zero attached hydrogens (tertiary/aromatic N) is 1. The molecule has 8 heteroatoms. The maximum Gasteiger partial charge on any atom is 0.244 e. The molecule has 1 aromatic carbocycles. The highest BCUT2D eigenvalue weighted by Crippen LogP contribution is 2.29. The number of nitrogens with one attached hydrogen (secondary N) is 1. The van der Waals surface area contributed by atoms with Gasteiger partial charge in [-0.3, -0.25) is 4.79 Å². The van der Waals surface area contributed by atoms with Crippen molar-refractivity contribution in [1.82, 2.24) is 9.62 Å². The van der Waals surface area contributed by atoms with Crippen molar-refractivity contribution in [2.24, 2.45) is 0 Å². The molecule has 26 heavy (non-hydrogen) atoms. The molecule has 1 aromatic heterocycles. The highest BCUT2D eigenvalue weighted by molar-refractivity contribution is 9.10. The topological polar surface area (TPSA) is 66.5 Å². The molecule has 0 bridgehead atoms. The molecule has 1 saturated heterocycles. The molecule has 3 rings (SSSR count). The molecule has 1 aliphatic heterocycles. The van der Waals surface area contributed by atoms with Gasteiger partial charge in [0.05, 0.1) is 5.75 Å². The van der Waals surface area contributed by atoms with E-state index in [9.17, 15) is 13.2 Å². The fourth-order valence-electron chi connectivity index (χ4n) is 2.67. The lowest BCUT2D eigenvalue weighted by Gasteiger charge is -2.13. The molecule has 2 heterocycles. The Labute approximate surface area is 165 Å². The van der Waals surface area contributed by atoms with Crippen molar-refractivity contribution in [3.8, 4) is 10.4 Å². The van der Waals surface area contributed by atoms with E-state index in [4.69, 9.17) is 0 Å². The summed E-state index contributed by atoms with van der Waals surface area (Å²) >= 11 is 5.03. The van der Waals surface area contributed by atoms with E-state index in [1.54, 1.807) is 17.4 Å². The summed E-state index contributed by atoms with van der Waals surface area (Å²) in [4.78, 5) is 14.0. The first-order chi connectivity index (χ1) is 12.4. The monoisotopic (exact) mass is 454 g/mol. The van der Waals surface area contributed by atoms with Crippen molar-refractivity contribution in [3.63, 3.8) is 0 Å². The summed E-state index contributed by atoms with van der Waals surface area (Å²) in [6, 6.07) is 12.1. The van der Waals surface area contributed by atoms with Crippen molar-refractivity contribution in [3.05, 3.63) is 51.8 Å². The van der Waals surface area contributed by atoms with Gasteiger partial charge in [-0.2, -0.15) is 0 Å². The summed E-state index contributed by atoms with van der Waals surface area (Å²) in [6.07, 6.45) is 3.92. The van der Waals surface area contributed by atoms with Gasteiger partial charge in [0, 0.05) is 39.9 Å². The second kappa shape index (κ2) is 8.47. The number of amides is 1. The lowest BCUT2D eigenvalue weighted by molar-refractivity contribution is -0.116. The van der Waals surface area contributed by atoms with Gasteiger partial charge in [-0.1, -0.05) is 28.1 Å². The quantitative estimate of drug-likeness (QED) is 0.680. The van der Waals surface area contributed by atoms with Crippen LogP contribution in [-0.4, -0.2) is 44.0 Å². The zero-order valence-electron chi connectivity index (χ0n) is 14.0. The van der Waals surface area contributed by atoms with Gasteiger partial charge in [0.1, 0.15) is 0 Å². The van der Waals surface area contributed by atoms with Gasteiger partial charge < -0.3 is 5.32 Å². The Morgan fingerprint density at radius 1 is 1.23 bits per heavy atom. The van der Waals surface area contributed by atoms with Crippen LogP contribution in [0.15, 0.2) is 46.9 Å². The van der Waals surface area contributed by atoms with E-state index < -0.39 is 10.0 Å². The minimum atomic E-state index is -3.10. The van der Waals surface area contributed by atoms with Crippen LogP contribution in [0.3, 0.4) is 0 Å². The lowest BCUT2D eigenvalue weighted by atomic mass is 10.2. The zero-order valence-corrected chi connectivity index (χ0v) is 17.2. The van der Waals surface area contributed by atoms with Crippen LogP contribution < -0.4 is 5.32 Å². The van der Waals surface area contributed by atoms with Gasteiger partial charge in [-0.25, -0.2) is 12.7 Å². The Morgan fingerprint density at radius 2 is 2.00 bits per heavy atom. The molecule has 0 saturated carbocycles. The Hall–Kier alpha value is -1.48. The molecule has 1 aliphatic rings. The average molecular weight is 455 g/mol. The largest absolute Gasteiger partial charge is 0.351 e. The van der Waals surface area contributed by atoms with E-state index in [2.05, 4.69) is 21.2 Å². The van der Waals surface area contributed by atoms with Crippen LogP contribution in [0.25, 0.3) is 16.5 Å². The smallest absolute Gasteiger partial charge is 0.244 e. The van der Waals surface area contributed by atoms with Gasteiger partial charge in [-0.05, 0) is 42.3 Å². The summed E-state index contributed by atoms with van der Waals surface area (Å²) in [5, 5.41) is 2.73. The first-order valence-corrected chi connectivity index (χ1v) is 11.5. The Kier molecular flexibility index (Phi) is 6.29. The highest BCUT2D eigenvalue weighted by Gasteiger charge is 2.27. The maximum absolute atomic E-state index is 11.9. The third kappa shape index (κ3) is 5.03. The summed E-state index contributed by atoms with van der Waals surface area (Å²) in [7, 11) is -3.10. The van der Waals surface area contributed by atoms with Crippen molar-refractivity contribution < 1.29 is 13.2 Å². The molecule has 2 aromatic rings. The van der Waals surface area contributed by atoms with Gasteiger partial charge in [-0.15, -0.1) is 11.3 Å². The Bertz CT molecular complexity index is 905. The summed E-state index contributed by atoms with van der Waals surface area (Å²) in [6.45, 7) is 1.19. The van der Waals surface area contributed by atoms with Gasteiger partial charge in [0.25, 0.3) is 0 Å². The van der Waals surface area contributed by atoms with Crippen LogP contribution in [0.5, 0.6) is 0 Å². The first kappa shape index (κ1) is 19.3. The minimum absolute atomic E-state index is 0.208. The summed E-state index contributed by atoms with van der Waals surface area (Å²) in [5.74, 6) is -0.0138. The predicted octanol–water partition coefficient (Wildman–Crippen LogP) is 3.34. The number of rotatable bonds is 6. The van der Waals surface area contributed by atoms with Crippen LogP contribution in [0.4, 0.5) is 0 Å². The van der Waals surface area contributed by atoms with Crippen LogP contribution in [-0.2, 0) is 14.8 Å². The molecular formula is C18H19BrN2O3S2. The van der Waals surface area contributed by atoms with Crippen molar-refractivity contribution in [1.29, 1.82) is 0 Å². The molecule has 1 N–H and O–H groups in total. The molecule has 0 aliphatic carbocycles. The van der Waals surface area contributed by atoms with Crippen molar-refractivity contribution >= 4 is 49.3 Å². The predicted molar refractivity (Wildman–Crippen MR) is 109 cm³/mol. The number of sulfonamides is 1. The number of carbonyl (C=O) groups is 1. The molecule has 0 unspecified atom stereocenters. The number of benzene rings is 1. The maximum atomic E-state index is 11.9. The van der Waals surface area contributed by atoms with Gasteiger partial charge in [0.15, 0.2) is 0 Å². The molecular weight excluding hydrogens is 436 g/mol. The van der Waals surface area contributed by atoms with Crippen LogP contribution in [0, 0.1) is 0 Å². The Balaban J connectivity index is 1.50. The normalized spacial score (nSPS) is 17.0. The number of hydrogen-bond donors (Lipinski definition) is 1. The highest BCUT2D eigenvalue weighted by atomic mass is 79.9. The molecule has 1 amide bonds. The number of carbonyl (C=O) groups excluding carboxylic acids is 1. The van der Waals surface area contributed by atoms with Crippen LogP contribution >= 0.6 is 27.3 Å². The van der Waals surface area contributed by atoms with Gasteiger partial charge in [0.2, 0.25) is 15.9 Å². The molecule has 138 valence electrons. The average Bonchev–Trinajstić information content (AvgIpc) is 3.20. The second-order valence-corrected chi connectivity index (χ2v) is 10.0. The minimum Gasteiger partial charge on any atom is -0.351 e. The fourth-order valence-corrected chi connectivity index (χ4v) is 5.38. The molecule has 5 nitrogen and oxygen atoms in total. The van der Waals surface area contributed by atoms with E-state index in [1.807, 2.05) is 36.4 Å². The SMILES string of the molecule is O=C(C=Cc1ccc(-c2ccc(Br)cc2)s1)NCCN1CCCS1(=O)=O. The second-order valence-electron chi connectivity index (χ2n) is 5.90. The summed E-state index contributed by atoms with van der Waals surface area (Å²) < 4.78 is 25.8. The molecule has 1 fully saturated rings. The van der Waals surface area contributed by atoms with E-state index in [0.29, 0.717) is 26.1 Å². The summed E-state index contributed by atoms with van der Waals surface area (Å²) in [5.41, 5.74) is 1.13. The fraction of sp³-hybridized carbons (Fsp3) is 0.278. The molecule has 0 radical (unpaired) electrons. The lowest BCUT2D eigenvalue weighted by Crippen LogP contribution is -2.35. The number of hydrogen-bond acceptors (Lipinski definition) is 4. The third-order valence-corrected chi connectivity index (χ3v) is 7.60. The molecule has 0 spiro atoms. The third-order valence-electron chi connectivity index (χ3n) is 4.02. The molecule has 0 atom stereocenters. The first-order valence-electron chi connectivity index (χ1n) is 8.23. The van der Waals surface area contributed by atoms with Crippen molar-refractivity contribution in [2.75, 3.05) is 25.4 Å². The van der Waals surface area contributed by atoms with E-state index in [0.717, 1.165) is 19.8 Å². The van der Waals surface area contributed by atoms with Crippen molar-refractivity contribution in [2.45, 2.75) is 6.42 Å². The van der Waals surface area contributed by atoms with Gasteiger partial charge >= 0.3 is 0 Å². The van der Waals surface area contributed by atoms with Crippen LogP contribution in [0.1, 0.15) is 11.3 Å². The van der Waals surface area contributed by atoms with E-state index >= 15 is 0 Å². The standard InChI is InChI=1S/C18H19BrN2O3S2/c19-15-4-2-14(3-5-15)17-8-6-16(25-17)7-9-18(22)20-10-12-21-11-1-13-26(21,23)24/h2-9H,1,10-13H2,(H,20,22). The zero-order chi connectivity index (χ0) is 18.6. The Morgan fingerprint density at radius 3 is 2.69 bits per heavy atom. The number of thiophene rings is 1.